The summed E-state index contributed by atoms with van der Waals surface area (Å²) >= 11 is 2.09. The maximum absolute atomic E-state index is 12.4. The molecule has 2 aromatic rings. The number of rotatable bonds is 9. The van der Waals surface area contributed by atoms with Gasteiger partial charge in [0.1, 0.15) is 0 Å². The maximum atomic E-state index is 12.4. The summed E-state index contributed by atoms with van der Waals surface area (Å²) in [6.07, 6.45) is 3.94. The molecule has 1 N–H and O–H groups in total. The van der Waals surface area contributed by atoms with Gasteiger partial charge < -0.3 is 19.1 Å². The van der Waals surface area contributed by atoms with Gasteiger partial charge in [0.05, 0.1) is 23.5 Å². The van der Waals surface area contributed by atoms with Gasteiger partial charge in [0.15, 0.2) is 18.1 Å². The van der Waals surface area contributed by atoms with Crippen LogP contribution in [0.5, 0.6) is 11.5 Å². The Bertz CT molecular complexity index is 972. The maximum Gasteiger partial charge on any atom is 0.344 e. The van der Waals surface area contributed by atoms with Crippen LogP contribution in [0.15, 0.2) is 41.5 Å². The summed E-state index contributed by atoms with van der Waals surface area (Å²) in [5.41, 5.74) is 4.93. The number of hydrogen-bond acceptors (Lipinski definition) is 7. The smallest absolute Gasteiger partial charge is 0.344 e. The number of hydrogen-bond donors (Lipinski definition) is 1. The van der Waals surface area contributed by atoms with E-state index in [1.807, 2.05) is 18.2 Å². The zero-order chi connectivity index (χ0) is 22.9. The largest absolute Gasteiger partial charge is 0.493 e. The molecule has 1 aliphatic rings. The number of ether oxygens (including phenoxy) is 3. The summed E-state index contributed by atoms with van der Waals surface area (Å²) in [6, 6.07) is 11.1. The van der Waals surface area contributed by atoms with Crippen molar-refractivity contribution >= 4 is 46.4 Å². The first-order valence-corrected chi connectivity index (χ1v) is 11.4. The lowest BCUT2D eigenvalue weighted by atomic mass is 10.2. The summed E-state index contributed by atoms with van der Waals surface area (Å²) in [5, 5.41) is 4.05. The fraction of sp³-hybridized carbons (Fsp3) is 0.348. The topological polar surface area (TPSA) is 89.5 Å². The fourth-order valence-corrected chi connectivity index (χ4v) is 4.10. The lowest BCUT2D eigenvalue weighted by molar-refractivity contribution is -0.145. The van der Waals surface area contributed by atoms with Crippen LogP contribution >= 0.6 is 22.6 Å². The van der Waals surface area contributed by atoms with Crippen LogP contribution in [-0.2, 0) is 9.53 Å². The number of hydrazone groups is 1. The van der Waals surface area contributed by atoms with Gasteiger partial charge in [-0.1, -0.05) is 0 Å². The van der Waals surface area contributed by atoms with Gasteiger partial charge in [-0.3, -0.25) is 4.79 Å². The molecule has 32 heavy (non-hydrogen) atoms. The molecule has 1 heterocycles. The number of methoxy groups -OCH3 is 1. The van der Waals surface area contributed by atoms with Crippen molar-refractivity contribution in [2.24, 2.45) is 5.10 Å². The molecule has 1 saturated heterocycles. The molecule has 1 aliphatic heterocycles. The number of amides is 1. The first kappa shape index (κ1) is 23.8. The van der Waals surface area contributed by atoms with E-state index in [4.69, 9.17) is 14.2 Å². The number of nitrogens with zero attached hydrogens (tertiary/aromatic N) is 2. The Kier molecular flexibility index (Phi) is 8.72. The van der Waals surface area contributed by atoms with Crippen molar-refractivity contribution in [3.63, 3.8) is 0 Å². The molecule has 170 valence electrons. The number of carbonyl (C=O) groups excluding carboxylic acids is 2. The van der Waals surface area contributed by atoms with Crippen LogP contribution in [0.2, 0.25) is 0 Å². The van der Waals surface area contributed by atoms with E-state index in [9.17, 15) is 9.59 Å². The molecule has 8 nitrogen and oxygen atoms in total. The molecule has 0 unspecified atom stereocenters. The SMILES string of the molecule is CCOC(=O)COc1c(I)cc(/C=N\NC(=O)c2ccc(N3CCCC3)cc2)cc1OC. The standard InChI is InChI=1S/C23H26IN3O5/c1-3-31-21(28)15-32-22-19(24)12-16(13-20(22)30-2)14-25-26-23(29)17-6-8-18(9-7-17)27-10-4-5-11-27/h6-9,12-14H,3-5,10-11,15H2,1-2H3,(H,26,29)/b25-14-. The molecule has 0 spiro atoms. The normalized spacial score (nSPS) is 13.3. The van der Waals surface area contributed by atoms with E-state index in [0.717, 1.165) is 22.3 Å². The van der Waals surface area contributed by atoms with Crippen LogP contribution in [0.4, 0.5) is 5.69 Å². The molecular formula is C23H26IN3O5. The summed E-state index contributed by atoms with van der Waals surface area (Å²) in [7, 11) is 1.51. The van der Waals surface area contributed by atoms with E-state index >= 15 is 0 Å². The van der Waals surface area contributed by atoms with Gasteiger partial charge in [-0.2, -0.15) is 5.10 Å². The molecule has 0 atom stereocenters. The van der Waals surface area contributed by atoms with Gasteiger partial charge in [0.25, 0.3) is 5.91 Å². The highest BCUT2D eigenvalue weighted by Crippen LogP contribution is 2.33. The molecule has 1 fully saturated rings. The summed E-state index contributed by atoms with van der Waals surface area (Å²) in [4.78, 5) is 26.2. The van der Waals surface area contributed by atoms with Gasteiger partial charge in [-0.05, 0) is 84.3 Å². The van der Waals surface area contributed by atoms with Crippen molar-refractivity contribution in [1.82, 2.24) is 5.43 Å². The van der Waals surface area contributed by atoms with E-state index in [1.165, 1.54) is 26.2 Å². The van der Waals surface area contributed by atoms with E-state index in [2.05, 4.69) is 38.0 Å². The van der Waals surface area contributed by atoms with Crippen LogP contribution in [0.1, 0.15) is 35.7 Å². The predicted octanol–water partition coefficient (Wildman–Crippen LogP) is 3.61. The van der Waals surface area contributed by atoms with Gasteiger partial charge in [0.2, 0.25) is 0 Å². The number of halogens is 1. The highest BCUT2D eigenvalue weighted by Gasteiger charge is 2.14. The summed E-state index contributed by atoms with van der Waals surface area (Å²) in [6.45, 7) is 3.94. The van der Waals surface area contributed by atoms with Crippen molar-refractivity contribution in [2.75, 3.05) is 38.3 Å². The minimum absolute atomic E-state index is 0.208. The van der Waals surface area contributed by atoms with Crippen LogP contribution in [0, 0.1) is 3.57 Å². The quantitative estimate of drug-likeness (QED) is 0.222. The minimum Gasteiger partial charge on any atom is -0.493 e. The summed E-state index contributed by atoms with van der Waals surface area (Å²) in [5.74, 6) is 0.157. The lowest BCUT2D eigenvalue weighted by Gasteiger charge is -2.17. The molecule has 1 amide bonds. The Labute approximate surface area is 201 Å². The first-order chi connectivity index (χ1) is 15.5. The molecule has 9 heteroatoms. The van der Waals surface area contributed by atoms with Crippen molar-refractivity contribution < 1.29 is 23.8 Å². The van der Waals surface area contributed by atoms with Crippen LogP contribution in [0.3, 0.4) is 0 Å². The number of nitrogens with one attached hydrogen (secondary N) is 1. The zero-order valence-corrected chi connectivity index (χ0v) is 20.3. The number of carbonyl (C=O) groups is 2. The predicted molar refractivity (Wildman–Crippen MR) is 131 cm³/mol. The molecular weight excluding hydrogens is 525 g/mol. The van der Waals surface area contributed by atoms with Crippen molar-refractivity contribution in [3.8, 4) is 11.5 Å². The van der Waals surface area contributed by atoms with E-state index in [1.54, 1.807) is 25.1 Å². The summed E-state index contributed by atoms with van der Waals surface area (Å²) < 4.78 is 16.5. The van der Waals surface area contributed by atoms with Crippen molar-refractivity contribution in [2.45, 2.75) is 19.8 Å². The molecule has 0 radical (unpaired) electrons. The Morgan fingerprint density at radius 1 is 1.19 bits per heavy atom. The van der Waals surface area contributed by atoms with Crippen LogP contribution in [0.25, 0.3) is 0 Å². The number of anilines is 1. The van der Waals surface area contributed by atoms with Gasteiger partial charge in [-0.25, -0.2) is 10.2 Å². The van der Waals surface area contributed by atoms with E-state index in [-0.39, 0.29) is 12.5 Å². The Balaban J connectivity index is 1.61. The van der Waals surface area contributed by atoms with Gasteiger partial charge in [-0.15, -0.1) is 0 Å². The molecule has 0 saturated carbocycles. The lowest BCUT2D eigenvalue weighted by Crippen LogP contribution is -2.19. The molecule has 0 aromatic heterocycles. The van der Waals surface area contributed by atoms with Crippen molar-refractivity contribution in [3.05, 3.63) is 51.1 Å². The fourth-order valence-electron chi connectivity index (χ4n) is 3.32. The Morgan fingerprint density at radius 2 is 1.91 bits per heavy atom. The molecule has 2 aromatic carbocycles. The van der Waals surface area contributed by atoms with Crippen molar-refractivity contribution in [1.29, 1.82) is 0 Å². The Morgan fingerprint density at radius 3 is 2.56 bits per heavy atom. The van der Waals surface area contributed by atoms with Crippen LogP contribution in [-0.4, -0.2) is 51.5 Å². The Hall–Kier alpha value is -2.82. The third kappa shape index (κ3) is 6.35. The first-order valence-electron chi connectivity index (χ1n) is 10.4. The number of esters is 1. The third-order valence-corrected chi connectivity index (χ3v) is 5.67. The van der Waals surface area contributed by atoms with Crippen LogP contribution < -0.4 is 19.8 Å². The second-order valence-corrected chi connectivity index (χ2v) is 8.23. The third-order valence-electron chi connectivity index (χ3n) is 4.87. The highest BCUT2D eigenvalue weighted by atomic mass is 127. The monoisotopic (exact) mass is 551 g/mol. The molecule has 0 aliphatic carbocycles. The zero-order valence-electron chi connectivity index (χ0n) is 18.1. The number of benzene rings is 2. The molecule has 0 bridgehead atoms. The average Bonchev–Trinajstić information content (AvgIpc) is 3.33. The van der Waals surface area contributed by atoms with E-state index < -0.39 is 5.97 Å². The second kappa shape index (κ2) is 11.7. The van der Waals surface area contributed by atoms with E-state index in [0.29, 0.717) is 29.2 Å². The second-order valence-electron chi connectivity index (χ2n) is 7.07. The van der Waals surface area contributed by atoms with Gasteiger partial charge in [0, 0.05) is 24.3 Å². The highest BCUT2D eigenvalue weighted by molar-refractivity contribution is 14.1. The molecule has 3 rings (SSSR count). The average molecular weight is 551 g/mol. The van der Waals surface area contributed by atoms with Gasteiger partial charge >= 0.3 is 5.97 Å². The minimum atomic E-state index is -0.452.